The molecule has 2 aromatic rings. The molecule has 10 nitrogen and oxygen atoms in total. The predicted molar refractivity (Wildman–Crippen MR) is 91.8 cm³/mol. The van der Waals surface area contributed by atoms with E-state index >= 15 is 0 Å². The van der Waals surface area contributed by atoms with E-state index in [-0.39, 0.29) is 46.4 Å². The first kappa shape index (κ1) is 22.4. The molecule has 0 aliphatic carbocycles. The van der Waals surface area contributed by atoms with Gasteiger partial charge in [-0.2, -0.15) is 0 Å². The van der Waals surface area contributed by atoms with Gasteiger partial charge in [-0.1, -0.05) is 46.6 Å². The van der Waals surface area contributed by atoms with Gasteiger partial charge in [-0.05, 0) is 34.8 Å². The second-order valence-corrected chi connectivity index (χ2v) is 6.15. The number of azide groups is 2. The maximum atomic E-state index is 12.1. The first-order chi connectivity index (χ1) is 12.3. The van der Waals surface area contributed by atoms with Crippen molar-refractivity contribution >= 4 is 33.4 Å². The summed E-state index contributed by atoms with van der Waals surface area (Å²) in [6.45, 7) is 0. The van der Waals surface area contributed by atoms with E-state index in [0.717, 1.165) is 12.1 Å². The Hall–Kier alpha value is -2.62. The molecule has 0 saturated carbocycles. The number of nitrogens with zero attached hydrogens (tertiary/aromatic N) is 6. The predicted octanol–water partition coefficient (Wildman–Crippen LogP) is 1.37. The molecule has 2 aromatic carbocycles. The number of hydrogen-bond acceptors (Lipinski definition) is 6. The number of carbonyl (C=O) groups is 1. The minimum absolute atomic E-state index is 0. The summed E-state index contributed by atoms with van der Waals surface area (Å²) >= 11 is 0. The van der Waals surface area contributed by atoms with E-state index in [2.05, 4.69) is 20.1 Å². The Kier molecular flexibility index (Phi) is 8.23. The third-order valence-corrected chi connectivity index (χ3v) is 4.05. The quantitative estimate of drug-likeness (QED) is 0.137. The van der Waals surface area contributed by atoms with Gasteiger partial charge in [0.15, 0.2) is 5.78 Å². The van der Waals surface area contributed by atoms with Crippen LogP contribution in [0.5, 0.6) is 0 Å². The van der Waals surface area contributed by atoms with Gasteiger partial charge in [0.2, 0.25) is 0 Å². The van der Waals surface area contributed by atoms with E-state index in [1.54, 1.807) is 0 Å². The Balaban J connectivity index is 0.00000364. The summed E-state index contributed by atoms with van der Waals surface area (Å²) in [7, 11) is -4.84. The number of allylic oxidation sites excluding steroid dienone is 1. The van der Waals surface area contributed by atoms with Gasteiger partial charge in [-0.25, -0.2) is 8.42 Å². The molecule has 0 atom stereocenters. The Labute approximate surface area is 175 Å². The van der Waals surface area contributed by atoms with Crippen LogP contribution in [0.2, 0.25) is 0 Å². The molecule has 0 amide bonds. The summed E-state index contributed by atoms with van der Waals surface area (Å²) in [5.74, 6) is -0.453. The molecule has 0 radical (unpaired) electrons. The van der Waals surface area contributed by atoms with E-state index in [1.165, 1.54) is 42.5 Å². The summed E-state index contributed by atoms with van der Waals surface area (Å²) in [5.41, 5.74) is 17.3. The molecule has 0 aliphatic heterocycles. The Morgan fingerprint density at radius 1 is 1.00 bits per heavy atom. The van der Waals surface area contributed by atoms with Crippen LogP contribution in [0, 0.1) is 0 Å². The van der Waals surface area contributed by atoms with Crippen molar-refractivity contribution < 1.29 is 47.3 Å². The third-order valence-electron chi connectivity index (χ3n) is 3.15. The van der Waals surface area contributed by atoms with E-state index < -0.39 is 20.8 Å². The Morgan fingerprint density at radius 2 is 1.56 bits per heavy atom. The molecule has 0 saturated heterocycles. The second kappa shape index (κ2) is 9.91. The fourth-order valence-electron chi connectivity index (χ4n) is 2.00. The molecule has 27 heavy (non-hydrogen) atoms. The van der Waals surface area contributed by atoms with Gasteiger partial charge >= 0.3 is 29.6 Å². The molecule has 0 spiro atoms. The Bertz CT molecular complexity index is 1090. The largest absolute Gasteiger partial charge is 1.00 e. The van der Waals surface area contributed by atoms with Gasteiger partial charge in [0, 0.05) is 26.8 Å². The SMILES string of the molecule is [N-]=[N+]=Nc1ccc(C(=O)C=Cc2ccc(N=[N+]=[N-])cc2S(=O)(=O)[O-])cc1.[Na+]. The van der Waals surface area contributed by atoms with E-state index in [1.807, 2.05) is 0 Å². The number of ketones is 1. The first-order valence-electron chi connectivity index (χ1n) is 6.88. The topological polar surface area (TPSA) is 172 Å². The van der Waals surface area contributed by atoms with E-state index in [0.29, 0.717) is 5.69 Å². The number of rotatable bonds is 6. The van der Waals surface area contributed by atoms with Crippen LogP contribution in [0.25, 0.3) is 27.0 Å². The van der Waals surface area contributed by atoms with Crippen LogP contribution < -0.4 is 29.6 Å². The number of carbonyl (C=O) groups excluding carboxylic acids is 1. The molecule has 2 rings (SSSR count). The van der Waals surface area contributed by atoms with Crippen LogP contribution in [0.3, 0.4) is 0 Å². The molecular weight excluding hydrogens is 383 g/mol. The smallest absolute Gasteiger partial charge is 0.744 e. The normalized spacial score (nSPS) is 10.4. The van der Waals surface area contributed by atoms with Gasteiger partial charge in [0.25, 0.3) is 0 Å². The van der Waals surface area contributed by atoms with Crippen molar-refractivity contribution in [3.63, 3.8) is 0 Å². The van der Waals surface area contributed by atoms with Gasteiger partial charge < -0.3 is 4.55 Å². The maximum Gasteiger partial charge on any atom is 1.00 e. The monoisotopic (exact) mass is 392 g/mol. The van der Waals surface area contributed by atoms with Crippen LogP contribution in [-0.4, -0.2) is 18.8 Å². The molecular formula is C15H9N6NaO4S. The zero-order valence-corrected chi connectivity index (χ0v) is 16.7. The van der Waals surface area contributed by atoms with Crippen molar-refractivity contribution in [2.24, 2.45) is 10.2 Å². The number of benzene rings is 2. The van der Waals surface area contributed by atoms with Gasteiger partial charge in [0.05, 0.1) is 4.90 Å². The van der Waals surface area contributed by atoms with Crippen LogP contribution in [-0.2, 0) is 10.1 Å². The molecule has 0 aromatic heterocycles. The Morgan fingerprint density at radius 3 is 2.11 bits per heavy atom. The van der Waals surface area contributed by atoms with Crippen LogP contribution in [0.15, 0.2) is 63.7 Å². The van der Waals surface area contributed by atoms with Crippen molar-refractivity contribution in [1.29, 1.82) is 0 Å². The first-order valence-corrected chi connectivity index (χ1v) is 8.28. The molecule has 0 N–H and O–H groups in total. The maximum absolute atomic E-state index is 12.1. The molecule has 12 heteroatoms. The zero-order valence-electron chi connectivity index (χ0n) is 13.9. The average molecular weight is 392 g/mol. The molecule has 0 bridgehead atoms. The molecule has 0 fully saturated rings. The summed E-state index contributed by atoms with van der Waals surface area (Å²) in [6.07, 6.45) is 2.27. The minimum Gasteiger partial charge on any atom is -0.744 e. The molecule has 0 unspecified atom stereocenters. The molecule has 0 aliphatic rings. The van der Waals surface area contributed by atoms with Gasteiger partial charge in [-0.15, -0.1) is 0 Å². The number of hydrogen-bond donors (Lipinski definition) is 0. The summed E-state index contributed by atoms with van der Waals surface area (Å²) in [6, 6.07) is 9.27. The standard InChI is InChI=1S/C15H10N6O4S.Na/c16-20-18-12-5-1-10(2-6-12)14(22)8-4-11-3-7-13(19-21-17)9-15(11)26(23,24)25;/h1-9H,(H,23,24,25);/q;+1/p-1. The minimum atomic E-state index is -4.84. The second-order valence-electron chi connectivity index (χ2n) is 4.80. The van der Waals surface area contributed by atoms with E-state index in [9.17, 15) is 17.8 Å². The fourth-order valence-corrected chi connectivity index (χ4v) is 2.69. The summed E-state index contributed by atoms with van der Waals surface area (Å²) < 4.78 is 34.1. The van der Waals surface area contributed by atoms with Crippen LogP contribution >= 0.6 is 0 Å². The van der Waals surface area contributed by atoms with Crippen molar-refractivity contribution in [2.75, 3.05) is 0 Å². The van der Waals surface area contributed by atoms with Crippen molar-refractivity contribution in [3.05, 3.63) is 80.6 Å². The zero-order chi connectivity index (χ0) is 19.2. The van der Waals surface area contributed by atoms with Gasteiger partial charge in [0.1, 0.15) is 10.1 Å². The average Bonchev–Trinajstić information content (AvgIpc) is 2.60. The van der Waals surface area contributed by atoms with Crippen molar-refractivity contribution in [1.82, 2.24) is 0 Å². The van der Waals surface area contributed by atoms with Crippen LogP contribution in [0.1, 0.15) is 15.9 Å². The fraction of sp³-hybridized carbons (Fsp3) is 0. The summed E-state index contributed by atoms with van der Waals surface area (Å²) in [5, 5.41) is 6.62. The molecule has 0 heterocycles. The summed E-state index contributed by atoms with van der Waals surface area (Å²) in [4.78, 5) is 16.7. The van der Waals surface area contributed by atoms with Crippen molar-refractivity contribution in [2.45, 2.75) is 4.90 Å². The van der Waals surface area contributed by atoms with E-state index in [4.69, 9.17) is 11.1 Å². The van der Waals surface area contributed by atoms with Gasteiger partial charge in [-0.3, -0.25) is 4.79 Å². The third kappa shape index (κ3) is 6.24. The molecule has 130 valence electrons. The van der Waals surface area contributed by atoms with Crippen LogP contribution in [0.4, 0.5) is 11.4 Å². The van der Waals surface area contributed by atoms with Crippen molar-refractivity contribution in [3.8, 4) is 0 Å².